The minimum Gasteiger partial charge on any atom is -0.399 e. The van der Waals surface area contributed by atoms with Gasteiger partial charge in [0.25, 0.3) is 0 Å². The number of hydrogen-bond donors (Lipinski definition) is 1. The Morgan fingerprint density at radius 2 is 2.00 bits per heavy atom. The quantitative estimate of drug-likeness (QED) is 0.816. The van der Waals surface area contributed by atoms with E-state index >= 15 is 0 Å². The molecule has 0 spiro atoms. The number of rotatable bonds is 3. The molecule has 1 heterocycles. The first-order valence-corrected chi connectivity index (χ1v) is 6.28. The first-order chi connectivity index (χ1) is 8.18. The third-order valence-corrected chi connectivity index (χ3v) is 3.52. The summed E-state index contributed by atoms with van der Waals surface area (Å²) in [6.07, 6.45) is 2.27. The normalized spacial score (nSPS) is 19.5. The molecule has 3 heteroatoms. The summed E-state index contributed by atoms with van der Waals surface area (Å²) >= 11 is 0. The average Bonchev–Trinajstić information content (AvgIpc) is 2.30. The number of hydrogen-bond acceptors (Lipinski definition) is 3. The Balaban J connectivity index is 2.21. The second-order valence-corrected chi connectivity index (χ2v) is 5.03. The monoisotopic (exact) mass is 234 g/mol. The molecule has 1 fully saturated rings. The molecule has 1 aliphatic heterocycles. The summed E-state index contributed by atoms with van der Waals surface area (Å²) in [4.78, 5) is 2.30. The molecule has 1 aromatic rings. The van der Waals surface area contributed by atoms with Gasteiger partial charge in [0.15, 0.2) is 0 Å². The summed E-state index contributed by atoms with van der Waals surface area (Å²) in [7, 11) is 4.28. The highest BCUT2D eigenvalue weighted by Crippen LogP contribution is 2.34. The van der Waals surface area contributed by atoms with E-state index < -0.39 is 0 Å². The molecule has 94 valence electrons. The molecule has 2 rings (SSSR count). The number of nitrogen functional groups attached to an aromatic ring is 1. The molecule has 3 nitrogen and oxygen atoms in total. The lowest BCUT2D eigenvalue weighted by Gasteiger charge is -2.35. The van der Waals surface area contributed by atoms with Crippen molar-refractivity contribution in [3.05, 3.63) is 29.8 Å². The van der Waals surface area contributed by atoms with E-state index in [9.17, 15) is 0 Å². The smallest absolute Gasteiger partial charge is 0.0469 e. The summed E-state index contributed by atoms with van der Waals surface area (Å²) < 4.78 is 5.45. The maximum atomic E-state index is 5.88. The van der Waals surface area contributed by atoms with Crippen LogP contribution in [0.3, 0.4) is 0 Å². The van der Waals surface area contributed by atoms with Crippen LogP contribution in [0.4, 0.5) is 5.69 Å². The van der Waals surface area contributed by atoms with E-state index in [1.54, 1.807) is 0 Å². The Kier molecular flexibility index (Phi) is 4.02. The standard InChI is InChI=1S/C14H22N2O/c1-16(2)14(11-6-8-17-9-7-11)12-4-3-5-13(15)10-12/h3-5,10-11,14H,6-9,15H2,1-2H3. The van der Waals surface area contributed by atoms with Crippen LogP contribution in [0.25, 0.3) is 0 Å². The number of anilines is 1. The largest absolute Gasteiger partial charge is 0.399 e. The van der Waals surface area contributed by atoms with E-state index in [1.165, 1.54) is 5.56 Å². The Morgan fingerprint density at radius 1 is 1.29 bits per heavy atom. The Labute approximate surface area is 104 Å². The summed E-state index contributed by atoms with van der Waals surface area (Å²) in [5, 5.41) is 0. The van der Waals surface area contributed by atoms with Crippen molar-refractivity contribution < 1.29 is 4.74 Å². The third-order valence-electron chi connectivity index (χ3n) is 3.52. The van der Waals surface area contributed by atoms with Gasteiger partial charge in [-0.1, -0.05) is 12.1 Å². The van der Waals surface area contributed by atoms with Gasteiger partial charge < -0.3 is 15.4 Å². The minimum absolute atomic E-state index is 0.447. The average molecular weight is 234 g/mol. The summed E-state index contributed by atoms with van der Waals surface area (Å²) in [5.41, 5.74) is 8.05. The van der Waals surface area contributed by atoms with Gasteiger partial charge in [-0.2, -0.15) is 0 Å². The molecule has 1 saturated heterocycles. The highest BCUT2D eigenvalue weighted by Gasteiger charge is 2.27. The Hall–Kier alpha value is -1.06. The van der Waals surface area contributed by atoms with Crippen molar-refractivity contribution in [1.82, 2.24) is 4.90 Å². The fourth-order valence-electron chi connectivity index (χ4n) is 2.77. The van der Waals surface area contributed by atoms with Gasteiger partial charge in [0.1, 0.15) is 0 Å². The third kappa shape index (κ3) is 2.99. The van der Waals surface area contributed by atoms with Gasteiger partial charge in [0.05, 0.1) is 0 Å². The van der Waals surface area contributed by atoms with E-state index in [4.69, 9.17) is 10.5 Å². The van der Waals surface area contributed by atoms with Gasteiger partial charge in [-0.3, -0.25) is 0 Å². The van der Waals surface area contributed by atoms with Gasteiger partial charge in [-0.15, -0.1) is 0 Å². The molecular weight excluding hydrogens is 212 g/mol. The van der Waals surface area contributed by atoms with Gasteiger partial charge in [0.2, 0.25) is 0 Å². The van der Waals surface area contributed by atoms with Crippen molar-refractivity contribution in [2.75, 3.05) is 33.0 Å². The molecule has 0 aliphatic carbocycles. The fraction of sp³-hybridized carbons (Fsp3) is 0.571. The highest BCUT2D eigenvalue weighted by atomic mass is 16.5. The van der Waals surface area contributed by atoms with E-state index in [0.29, 0.717) is 12.0 Å². The maximum absolute atomic E-state index is 5.88. The molecule has 1 atom stereocenters. The van der Waals surface area contributed by atoms with Crippen molar-refractivity contribution >= 4 is 5.69 Å². The van der Waals surface area contributed by atoms with E-state index in [0.717, 1.165) is 31.7 Å². The number of nitrogens with zero attached hydrogens (tertiary/aromatic N) is 1. The van der Waals surface area contributed by atoms with Crippen LogP contribution >= 0.6 is 0 Å². The van der Waals surface area contributed by atoms with Crippen LogP contribution in [0, 0.1) is 5.92 Å². The van der Waals surface area contributed by atoms with Crippen molar-refractivity contribution in [2.24, 2.45) is 5.92 Å². The van der Waals surface area contributed by atoms with E-state index in [-0.39, 0.29) is 0 Å². The van der Waals surface area contributed by atoms with Crippen molar-refractivity contribution in [2.45, 2.75) is 18.9 Å². The van der Waals surface area contributed by atoms with E-state index in [1.807, 2.05) is 12.1 Å². The molecule has 0 bridgehead atoms. The summed E-state index contributed by atoms with van der Waals surface area (Å²) in [6.45, 7) is 1.77. The lowest BCUT2D eigenvalue weighted by atomic mass is 9.86. The van der Waals surface area contributed by atoms with Crippen LogP contribution in [0.5, 0.6) is 0 Å². The van der Waals surface area contributed by atoms with Gasteiger partial charge in [0, 0.05) is 24.9 Å². The maximum Gasteiger partial charge on any atom is 0.0469 e. The second-order valence-electron chi connectivity index (χ2n) is 5.03. The molecule has 0 amide bonds. The molecule has 0 aromatic heterocycles. The summed E-state index contributed by atoms with van der Waals surface area (Å²) in [5.74, 6) is 0.667. The van der Waals surface area contributed by atoms with Crippen LogP contribution in [-0.2, 0) is 4.74 Å². The summed E-state index contributed by atoms with van der Waals surface area (Å²) in [6, 6.07) is 8.71. The Bertz CT molecular complexity index is 359. The molecule has 0 saturated carbocycles. The second kappa shape index (κ2) is 5.52. The lowest BCUT2D eigenvalue weighted by molar-refractivity contribution is 0.0364. The lowest BCUT2D eigenvalue weighted by Crippen LogP contribution is -2.31. The zero-order valence-electron chi connectivity index (χ0n) is 10.7. The fourth-order valence-corrected chi connectivity index (χ4v) is 2.77. The highest BCUT2D eigenvalue weighted by molar-refractivity contribution is 5.41. The first kappa shape index (κ1) is 12.4. The number of nitrogens with two attached hydrogens (primary N) is 1. The molecule has 0 radical (unpaired) electrons. The predicted molar refractivity (Wildman–Crippen MR) is 70.8 cm³/mol. The van der Waals surface area contributed by atoms with Crippen LogP contribution in [0.15, 0.2) is 24.3 Å². The minimum atomic E-state index is 0.447. The van der Waals surface area contributed by atoms with Crippen LogP contribution < -0.4 is 5.73 Å². The molecule has 2 N–H and O–H groups in total. The van der Waals surface area contributed by atoms with Crippen LogP contribution in [-0.4, -0.2) is 32.2 Å². The van der Waals surface area contributed by atoms with Crippen LogP contribution in [0.2, 0.25) is 0 Å². The van der Waals surface area contributed by atoms with Crippen molar-refractivity contribution in [3.63, 3.8) is 0 Å². The van der Waals surface area contributed by atoms with Gasteiger partial charge >= 0.3 is 0 Å². The number of benzene rings is 1. The molecule has 17 heavy (non-hydrogen) atoms. The molecule has 1 unspecified atom stereocenters. The molecular formula is C14H22N2O. The topological polar surface area (TPSA) is 38.5 Å². The zero-order valence-corrected chi connectivity index (χ0v) is 10.7. The Morgan fingerprint density at radius 3 is 2.59 bits per heavy atom. The SMILES string of the molecule is CN(C)C(c1cccc(N)c1)C1CCOCC1. The molecule has 1 aromatic carbocycles. The molecule has 1 aliphatic rings. The predicted octanol–water partition coefficient (Wildman–Crippen LogP) is 2.30. The van der Waals surface area contributed by atoms with E-state index in [2.05, 4.69) is 31.1 Å². The van der Waals surface area contributed by atoms with Crippen molar-refractivity contribution in [1.29, 1.82) is 0 Å². The van der Waals surface area contributed by atoms with Gasteiger partial charge in [-0.25, -0.2) is 0 Å². The zero-order chi connectivity index (χ0) is 12.3. The first-order valence-electron chi connectivity index (χ1n) is 6.28. The van der Waals surface area contributed by atoms with Crippen molar-refractivity contribution in [3.8, 4) is 0 Å². The number of ether oxygens (including phenoxy) is 1. The van der Waals surface area contributed by atoms with Crippen LogP contribution in [0.1, 0.15) is 24.4 Å². The van der Waals surface area contributed by atoms with Gasteiger partial charge in [-0.05, 0) is 50.6 Å².